The van der Waals surface area contributed by atoms with Gasteiger partial charge in [-0.05, 0) is 84.3 Å². The van der Waals surface area contributed by atoms with Crippen molar-refractivity contribution in [1.29, 1.82) is 0 Å². The number of halogens is 2. The standard InChI is InChI=1S/C26H46O4S.C26H46O3S.CH2Cl2/c1-6-7-8-9-10-11-12-13-18-31(27)21-16-17-26(19-29-26)24(23(21)28-5)25(4)22(30-25)15-14-20(2)3;1-6-7-8-9-10-11-12-13-18-30-21-16-17-26(19-28-26)24(23(21)27-5)25(4)22(29-25)15-14-20(2)3;2-1-3/h14,21-24H,6-13,15-19H2,1-5H3;14-15,20-24H,6-13,16-19H2,1-5H3;1H2/b;15-14+;/t21-,22-,23-,24?,25-,26+,31?;21-,22-,23-,24?,25-,26+;/m11./s1. The quantitative estimate of drug-likeness (QED) is 0.0332. The Balaban J connectivity index is 0.000000265. The van der Waals surface area contributed by atoms with Gasteiger partial charge >= 0.3 is 0 Å². The minimum absolute atomic E-state index is 0.00535. The van der Waals surface area contributed by atoms with Gasteiger partial charge in [-0.2, -0.15) is 11.8 Å². The lowest BCUT2D eigenvalue weighted by atomic mass is 9.69. The third-order valence-electron chi connectivity index (χ3n) is 15.2. The Labute approximate surface area is 409 Å². The summed E-state index contributed by atoms with van der Waals surface area (Å²) in [6, 6.07) is 0. The van der Waals surface area contributed by atoms with Crippen molar-refractivity contribution in [2.45, 2.75) is 248 Å². The fourth-order valence-electron chi connectivity index (χ4n) is 11.2. The molecule has 11 heteroatoms. The van der Waals surface area contributed by atoms with Crippen LogP contribution in [-0.2, 0) is 39.2 Å². The largest absolute Gasteiger partial charge is 0.380 e. The fourth-order valence-corrected chi connectivity index (χ4v) is 14.4. The van der Waals surface area contributed by atoms with Crippen molar-refractivity contribution in [3.8, 4) is 0 Å². The van der Waals surface area contributed by atoms with E-state index in [1.54, 1.807) is 7.11 Å². The van der Waals surface area contributed by atoms with E-state index in [-0.39, 0.29) is 63.3 Å². The highest BCUT2D eigenvalue weighted by Gasteiger charge is 2.73. The minimum atomic E-state index is -0.850. The Hall–Kier alpha value is 0.320. The van der Waals surface area contributed by atoms with Gasteiger partial charge in [-0.1, -0.05) is 141 Å². The molecule has 374 valence electrons. The molecule has 6 rings (SSSR count). The average molecular weight is 978 g/mol. The predicted molar refractivity (Wildman–Crippen MR) is 274 cm³/mol. The molecule has 3 unspecified atom stereocenters. The molecule has 0 amide bonds. The third kappa shape index (κ3) is 16.5. The molecule has 4 saturated heterocycles. The molecule has 0 aromatic carbocycles. The smallest absolute Gasteiger partial charge is 0.106 e. The second-order valence-corrected chi connectivity index (χ2v) is 24.8. The minimum Gasteiger partial charge on any atom is -0.380 e. The van der Waals surface area contributed by atoms with Crippen LogP contribution in [0.3, 0.4) is 0 Å². The zero-order valence-electron chi connectivity index (χ0n) is 42.2. The van der Waals surface area contributed by atoms with Crippen LogP contribution in [-0.4, -0.2) is 106 Å². The van der Waals surface area contributed by atoms with Crippen molar-refractivity contribution in [3.63, 3.8) is 0 Å². The Bertz CT molecular complexity index is 1400. The number of epoxide rings is 4. The first-order valence-electron chi connectivity index (χ1n) is 25.9. The van der Waals surface area contributed by atoms with Crippen molar-refractivity contribution < 1.29 is 32.6 Å². The lowest BCUT2D eigenvalue weighted by molar-refractivity contribution is -0.0459. The summed E-state index contributed by atoms with van der Waals surface area (Å²) in [4.78, 5) is 0. The lowest BCUT2D eigenvalue weighted by Gasteiger charge is -2.43. The zero-order chi connectivity index (χ0) is 46.8. The number of hydrogen-bond acceptors (Lipinski definition) is 8. The van der Waals surface area contributed by atoms with E-state index in [0.29, 0.717) is 17.1 Å². The monoisotopic (exact) mass is 977 g/mol. The van der Waals surface area contributed by atoms with Gasteiger partial charge in [-0.15, -0.1) is 23.2 Å². The van der Waals surface area contributed by atoms with Crippen LogP contribution in [0.2, 0.25) is 0 Å². The zero-order valence-corrected chi connectivity index (χ0v) is 45.4. The first kappa shape index (κ1) is 56.9. The Morgan fingerprint density at radius 1 is 0.750 bits per heavy atom. The van der Waals surface area contributed by atoms with Gasteiger partial charge in [0.1, 0.15) is 17.3 Å². The Morgan fingerprint density at radius 2 is 1.25 bits per heavy atom. The number of alkyl halides is 2. The van der Waals surface area contributed by atoms with Gasteiger partial charge in [-0.3, -0.25) is 4.21 Å². The van der Waals surface area contributed by atoms with Crippen LogP contribution in [0, 0.1) is 17.8 Å². The van der Waals surface area contributed by atoms with E-state index in [0.717, 1.165) is 51.1 Å². The van der Waals surface area contributed by atoms with Gasteiger partial charge in [0.15, 0.2) is 0 Å². The molecule has 0 aromatic rings. The summed E-state index contributed by atoms with van der Waals surface area (Å²) in [5.74, 6) is 3.13. The molecule has 4 heterocycles. The maximum Gasteiger partial charge on any atom is 0.106 e. The number of hydrogen-bond donors (Lipinski definition) is 0. The molecular formula is C53H94Cl2O7S2. The van der Waals surface area contributed by atoms with Crippen molar-refractivity contribution >= 4 is 45.8 Å². The van der Waals surface area contributed by atoms with Crippen LogP contribution in [0.25, 0.3) is 0 Å². The van der Waals surface area contributed by atoms with Crippen LogP contribution < -0.4 is 0 Å². The van der Waals surface area contributed by atoms with E-state index in [1.165, 1.54) is 114 Å². The average Bonchev–Trinajstić information content (AvgIpc) is 4.16. The molecule has 6 fully saturated rings. The van der Waals surface area contributed by atoms with Gasteiger partial charge in [-0.25, -0.2) is 0 Å². The fraction of sp³-hybridized carbons (Fsp3) is 0.925. The van der Waals surface area contributed by atoms with Crippen molar-refractivity contribution in [3.05, 3.63) is 23.8 Å². The summed E-state index contributed by atoms with van der Waals surface area (Å²) in [7, 11) is 2.83. The molecule has 2 aliphatic carbocycles. The third-order valence-corrected chi connectivity index (χ3v) is 18.5. The maximum absolute atomic E-state index is 13.3. The number of allylic oxidation sites excluding steroid dienone is 2. The molecule has 13 atom stereocenters. The molecule has 7 nitrogen and oxygen atoms in total. The van der Waals surface area contributed by atoms with Crippen LogP contribution in [0.5, 0.6) is 0 Å². The normalized spacial score (nSPS) is 36.3. The van der Waals surface area contributed by atoms with Gasteiger partial charge in [0.25, 0.3) is 0 Å². The number of rotatable bonds is 28. The van der Waals surface area contributed by atoms with E-state index in [1.807, 2.05) is 7.11 Å². The number of thioether (sulfide) groups is 1. The summed E-state index contributed by atoms with van der Waals surface area (Å²) < 4.78 is 50.2. The summed E-state index contributed by atoms with van der Waals surface area (Å²) in [6.07, 6.45) is 34.0. The summed E-state index contributed by atoms with van der Waals surface area (Å²) in [5.41, 5.74) is 0.844. The second-order valence-electron chi connectivity index (χ2n) is 20.9. The van der Waals surface area contributed by atoms with Gasteiger partial charge < -0.3 is 28.4 Å². The second kappa shape index (κ2) is 28.2. The molecule has 64 heavy (non-hydrogen) atoms. The maximum atomic E-state index is 13.3. The van der Waals surface area contributed by atoms with E-state index in [4.69, 9.17) is 51.6 Å². The van der Waals surface area contributed by atoms with Crippen molar-refractivity contribution in [2.75, 3.05) is 44.3 Å². The van der Waals surface area contributed by atoms with Crippen LogP contribution in [0.4, 0.5) is 0 Å². The molecule has 6 aliphatic rings. The lowest BCUT2D eigenvalue weighted by Crippen LogP contribution is -2.55. The molecule has 2 spiro atoms. The summed E-state index contributed by atoms with van der Waals surface area (Å²) in [5, 5.41) is 0.856. The topological polar surface area (TPSA) is 85.7 Å². The number of ether oxygens (including phenoxy) is 6. The summed E-state index contributed by atoms with van der Waals surface area (Å²) in [6.45, 7) is 19.4. The van der Waals surface area contributed by atoms with Gasteiger partial charge in [0, 0.05) is 47.9 Å². The Morgan fingerprint density at radius 3 is 1.75 bits per heavy atom. The Kier molecular flexibility index (Phi) is 25.1. The molecule has 0 radical (unpaired) electrons. The van der Waals surface area contributed by atoms with Gasteiger partial charge in [0.05, 0.1) is 53.3 Å². The highest BCUT2D eigenvalue weighted by molar-refractivity contribution is 7.99. The highest BCUT2D eigenvalue weighted by atomic mass is 35.5. The van der Waals surface area contributed by atoms with E-state index in [2.05, 4.69) is 85.4 Å². The molecular weight excluding hydrogens is 884 g/mol. The van der Waals surface area contributed by atoms with Crippen LogP contribution in [0.1, 0.15) is 190 Å². The first-order valence-corrected chi connectivity index (χ1v) is 29.4. The SMILES string of the molecule is CCCCCCCCCCS(=O)[C@@H]1CC[C@]2(CO2)C([C@]2(C)O[C@@H]2CC=C(C)C)[C@@H]1OC.CCCCCCCCCCS[C@@H]1CC[C@]2(CO2)C([C@]2(C)O[C@@H]2/C=C/C(C)C)[C@@H]1OC.ClCCl. The van der Waals surface area contributed by atoms with Crippen molar-refractivity contribution in [1.82, 2.24) is 0 Å². The van der Waals surface area contributed by atoms with Crippen molar-refractivity contribution in [2.24, 2.45) is 17.8 Å². The number of methoxy groups -OCH3 is 2. The predicted octanol–water partition coefficient (Wildman–Crippen LogP) is 14.2. The molecule has 4 aliphatic heterocycles. The van der Waals surface area contributed by atoms with Crippen LogP contribution in [0.15, 0.2) is 23.8 Å². The molecule has 0 aromatic heterocycles. The van der Waals surface area contributed by atoms with E-state index in [9.17, 15) is 4.21 Å². The van der Waals surface area contributed by atoms with Crippen LogP contribution >= 0.6 is 35.0 Å². The van der Waals surface area contributed by atoms with E-state index < -0.39 is 10.8 Å². The number of unbranched alkanes of at least 4 members (excludes halogenated alkanes) is 14. The molecule has 0 bridgehead atoms. The first-order chi connectivity index (χ1) is 30.8. The molecule has 0 N–H and O–H groups in total. The van der Waals surface area contributed by atoms with Gasteiger partial charge in [0.2, 0.25) is 0 Å². The highest BCUT2D eigenvalue weighted by Crippen LogP contribution is 2.61. The molecule has 2 saturated carbocycles. The summed E-state index contributed by atoms with van der Waals surface area (Å²) >= 11 is 11.7. The van der Waals surface area contributed by atoms with E-state index >= 15 is 0 Å².